The highest BCUT2D eigenvalue weighted by molar-refractivity contribution is 5.90. The molecule has 1 aromatic rings. The predicted molar refractivity (Wildman–Crippen MR) is 64.2 cm³/mol. The van der Waals surface area contributed by atoms with Crippen LogP contribution in [-0.4, -0.2) is 25.2 Å². The second-order valence-electron chi connectivity index (χ2n) is 4.10. The van der Waals surface area contributed by atoms with Gasteiger partial charge in [0.15, 0.2) is 0 Å². The van der Waals surface area contributed by atoms with Crippen molar-refractivity contribution in [2.75, 3.05) is 13.2 Å². The van der Waals surface area contributed by atoms with E-state index in [1.54, 1.807) is 19.1 Å². The number of nitrogens with one attached hydrogen (secondary N) is 1. The summed E-state index contributed by atoms with van der Waals surface area (Å²) < 4.78 is 10.7. The highest BCUT2D eigenvalue weighted by atomic mass is 16.5. The Morgan fingerprint density at radius 2 is 2.41 bits per heavy atom. The molecule has 17 heavy (non-hydrogen) atoms. The summed E-state index contributed by atoms with van der Waals surface area (Å²) in [5, 5.41) is 3.29. The molecule has 1 aliphatic heterocycles. The molecule has 0 bridgehead atoms. The Bertz CT molecular complexity index is 417. The molecule has 1 atom stereocenters. The SMILES string of the molecule is CCOC(=O)c1ccc2c(c1)OC(C)CNC2. The van der Waals surface area contributed by atoms with Crippen molar-refractivity contribution in [3.05, 3.63) is 29.3 Å². The molecule has 2 rings (SSSR count). The predicted octanol–water partition coefficient (Wildman–Crippen LogP) is 1.73. The van der Waals surface area contributed by atoms with Gasteiger partial charge >= 0.3 is 5.97 Å². The minimum atomic E-state index is -0.302. The van der Waals surface area contributed by atoms with Crippen LogP contribution in [0.4, 0.5) is 0 Å². The van der Waals surface area contributed by atoms with E-state index in [1.165, 1.54) is 0 Å². The second-order valence-corrected chi connectivity index (χ2v) is 4.10. The van der Waals surface area contributed by atoms with Crippen LogP contribution in [-0.2, 0) is 11.3 Å². The van der Waals surface area contributed by atoms with Crippen LogP contribution in [0.25, 0.3) is 0 Å². The van der Waals surface area contributed by atoms with Gasteiger partial charge in [-0.05, 0) is 26.0 Å². The number of rotatable bonds is 2. The van der Waals surface area contributed by atoms with Crippen molar-refractivity contribution in [3.63, 3.8) is 0 Å². The second kappa shape index (κ2) is 5.19. The van der Waals surface area contributed by atoms with Gasteiger partial charge in [0.05, 0.1) is 12.2 Å². The first-order valence-electron chi connectivity index (χ1n) is 5.88. The number of benzene rings is 1. The van der Waals surface area contributed by atoms with Crippen LogP contribution < -0.4 is 10.1 Å². The standard InChI is InChI=1S/C13H17NO3/c1-3-16-13(15)10-4-5-11-8-14-7-9(2)17-12(11)6-10/h4-6,9,14H,3,7-8H2,1-2H3. The summed E-state index contributed by atoms with van der Waals surface area (Å²) in [6.07, 6.45) is 0.105. The lowest BCUT2D eigenvalue weighted by Crippen LogP contribution is -2.24. The van der Waals surface area contributed by atoms with E-state index in [9.17, 15) is 4.79 Å². The third-order valence-corrected chi connectivity index (χ3v) is 2.65. The van der Waals surface area contributed by atoms with Gasteiger partial charge in [0, 0.05) is 18.7 Å². The van der Waals surface area contributed by atoms with Crippen LogP contribution >= 0.6 is 0 Å². The summed E-state index contributed by atoms with van der Waals surface area (Å²) in [5.74, 6) is 0.469. The van der Waals surface area contributed by atoms with Crippen molar-refractivity contribution in [1.82, 2.24) is 5.32 Å². The Morgan fingerprint density at radius 3 is 3.18 bits per heavy atom. The molecule has 0 spiro atoms. The molecule has 0 aromatic heterocycles. The topological polar surface area (TPSA) is 47.6 Å². The Hall–Kier alpha value is -1.55. The number of fused-ring (bicyclic) bond motifs is 1. The van der Waals surface area contributed by atoms with Crippen molar-refractivity contribution < 1.29 is 14.3 Å². The number of carbonyl (C=O) groups excluding carboxylic acids is 1. The average Bonchev–Trinajstić information content (AvgIpc) is 2.49. The molecule has 0 fully saturated rings. The van der Waals surface area contributed by atoms with Crippen molar-refractivity contribution in [2.24, 2.45) is 0 Å². The molecule has 0 saturated carbocycles. The summed E-state index contributed by atoms with van der Waals surface area (Å²) in [7, 11) is 0. The molecule has 0 amide bonds. The maximum Gasteiger partial charge on any atom is 0.338 e. The fraction of sp³-hybridized carbons (Fsp3) is 0.462. The molecule has 4 heteroatoms. The van der Waals surface area contributed by atoms with Crippen LogP contribution in [0.1, 0.15) is 29.8 Å². The molecule has 0 radical (unpaired) electrons. The first kappa shape index (κ1) is 11.9. The highest BCUT2D eigenvalue weighted by Crippen LogP contribution is 2.24. The lowest BCUT2D eigenvalue weighted by Gasteiger charge is -2.12. The zero-order valence-corrected chi connectivity index (χ0v) is 10.2. The molecule has 1 unspecified atom stereocenters. The molecule has 1 aromatic carbocycles. The number of esters is 1. The molecular weight excluding hydrogens is 218 g/mol. The number of hydrogen-bond acceptors (Lipinski definition) is 4. The van der Waals surface area contributed by atoms with E-state index >= 15 is 0 Å². The van der Waals surface area contributed by atoms with Crippen molar-refractivity contribution >= 4 is 5.97 Å². The zero-order valence-electron chi connectivity index (χ0n) is 10.2. The Kier molecular flexibility index (Phi) is 3.64. The van der Waals surface area contributed by atoms with Gasteiger partial charge in [0.1, 0.15) is 11.9 Å². The zero-order chi connectivity index (χ0) is 12.3. The first-order chi connectivity index (χ1) is 8.20. The van der Waals surface area contributed by atoms with E-state index in [0.29, 0.717) is 12.2 Å². The molecule has 1 N–H and O–H groups in total. The summed E-state index contributed by atoms with van der Waals surface area (Å²) in [6.45, 7) is 5.75. The van der Waals surface area contributed by atoms with Gasteiger partial charge in [-0.2, -0.15) is 0 Å². The maximum atomic E-state index is 11.6. The lowest BCUT2D eigenvalue weighted by molar-refractivity contribution is 0.0525. The summed E-state index contributed by atoms with van der Waals surface area (Å²) in [6, 6.07) is 5.45. The quantitative estimate of drug-likeness (QED) is 0.793. The van der Waals surface area contributed by atoms with Crippen LogP contribution in [0.2, 0.25) is 0 Å². The third-order valence-electron chi connectivity index (χ3n) is 2.65. The molecule has 1 heterocycles. The molecule has 92 valence electrons. The van der Waals surface area contributed by atoms with Crippen LogP contribution in [0.3, 0.4) is 0 Å². The van der Waals surface area contributed by atoms with E-state index in [2.05, 4.69) is 5.32 Å². The smallest absolute Gasteiger partial charge is 0.338 e. The Morgan fingerprint density at radius 1 is 1.59 bits per heavy atom. The average molecular weight is 235 g/mol. The van der Waals surface area contributed by atoms with E-state index in [1.807, 2.05) is 13.0 Å². The minimum Gasteiger partial charge on any atom is -0.489 e. The summed E-state index contributed by atoms with van der Waals surface area (Å²) in [5.41, 5.74) is 1.61. The monoisotopic (exact) mass is 235 g/mol. The van der Waals surface area contributed by atoms with Gasteiger partial charge in [-0.1, -0.05) is 6.07 Å². The fourth-order valence-corrected chi connectivity index (χ4v) is 1.82. The Balaban J connectivity index is 2.26. The van der Waals surface area contributed by atoms with Gasteiger partial charge in [-0.25, -0.2) is 4.79 Å². The minimum absolute atomic E-state index is 0.105. The highest BCUT2D eigenvalue weighted by Gasteiger charge is 2.16. The van der Waals surface area contributed by atoms with Gasteiger partial charge in [-0.15, -0.1) is 0 Å². The molecule has 4 nitrogen and oxygen atoms in total. The number of carbonyl (C=O) groups is 1. The van der Waals surface area contributed by atoms with Crippen LogP contribution in [0.15, 0.2) is 18.2 Å². The van der Waals surface area contributed by atoms with Gasteiger partial charge in [0.2, 0.25) is 0 Å². The van der Waals surface area contributed by atoms with Crippen molar-refractivity contribution in [2.45, 2.75) is 26.5 Å². The molecular formula is C13H17NO3. The molecule has 0 saturated heterocycles. The number of ether oxygens (including phenoxy) is 2. The maximum absolute atomic E-state index is 11.6. The normalized spacial score (nSPS) is 18.8. The van der Waals surface area contributed by atoms with Crippen LogP contribution in [0, 0.1) is 0 Å². The Labute approximate surface area is 101 Å². The fourth-order valence-electron chi connectivity index (χ4n) is 1.82. The number of hydrogen-bond donors (Lipinski definition) is 1. The van der Waals surface area contributed by atoms with Crippen molar-refractivity contribution in [1.29, 1.82) is 0 Å². The summed E-state index contributed by atoms with van der Waals surface area (Å²) >= 11 is 0. The van der Waals surface area contributed by atoms with E-state index in [-0.39, 0.29) is 12.1 Å². The summed E-state index contributed by atoms with van der Waals surface area (Å²) in [4.78, 5) is 11.6. The first-order valence-corrected chi connectivity index (χ1v) is 5.88. The largest absolute Gasteiger partial charge is 0.489 e. The van der Waals surface area contributed by atoms with E-state index in [0.717, 1.165) is 24.4 Å². The van der Waals surface area contributed by atoms with Gasteiger partial charge < -0.3 is 14.8 Å². The van der Waals surface area contributed by atoms with Gasteiger partial charge in [-0.3, -0.25) is 0 Å². The van der Waals surface area contributed by atoms with Gasteiger partial charge in [0.25, 0.3) is 0 Å². The lowest BCUT2D eigenvalue weighted by atomic mass is 10.1. The molecule has 0 aliphatic carbocycles. The van der Waals surface area contributed by atoms with E-state index < -0.39 is 0 Å². The molecule has 1 aliphatic rings. The van der Waals surface area contributed by atoms with Crippen LogP contribution in [0.5, 0.6) is 5.75 Å². The van der Waals surface area contributed by atoms with Crippen molar-refractivity contribution in [3.8, 4) is 5.75 Å². The third kappa shape index (κ3) is 2.77. The van der Waals surface area contributed by atoms with E-state index in [4.69, 9.17) is 9.47 Å².